The fourth-order valence-corrected chi connectivity index (χ4v) is 2.31. The van der Waals surface area contributed by atoms with Crippen LogP contribution in [0.25, 0.3) is 0 Å². The minimum absolute atomic E-state index is 0.0476. The van der Waals surface area contributed by atoms with Crippen LogP contribution in [-0.2, 0) is 16.3 Å². The predicted octanol–water partition coefficient (Wildman–Crippen LogP) is 2.84. The van der Waals surface area contributed by atoms with Gasteiger partial charge in [0.2, 0.25) is 0 Å². The Hall–Kier alpha value is -1.03. The smallest absolute Gasteiger partial charge is 0.158 e. The van der Waals surface area contributed by atoms with E-state index in [1.165, 1.54) is 5.56 Å². The molecule has 4 heteroatoms. The van der Waals surface area contributed by atoms with Crippen molar-refractivity contribution >= 4 is 9.84 Å². The second-order valence-corrected chi connectivity index (χ2v) is 8.14. The molecule has 102 valence electrons. The molecule has 3 nitrogen and oxygen atoms in total. The van der Waals surface area contributed by atoms with E-state index in [9.17, 15) is 8.42 Å². The van der Waals surface area contributed by atoms with Gasteiger partial charge in [0.1, 0.15) is 12.4 Å². The first-order valence-electron chi connectivity index (χ1n) is 6.20. The highest BCUT2D eigenvalue weighted by atomic mass is 32.2. The molecule has 0 radical (unpaired) electrons. The maximum absolute atomic E-state index is 11.9. The van der Waals surface area contributed by atoms with E-state index in [-0.39, 0.29) is 12.4 Å². The Balaban J connectivity index is 2.52. The Bertz CT molecular complexity index is 467. The molecule has 1 rings (SSSR count). The summed E-state index contributed by atoms with van der Waals surface area (Å²) in [7, 11) is -3.11. The molecule has 0 saturated heterocycles. The van der Waals surface area contributed by atoms with Crippen LogP contribution in [0.15, 0.2) is 24.3 Å². The van der Waals surface area contributed by atoms with Crippen LogP contribution < -0.4 is 4.74 Å². The normalized spacial score (nSPS) is 12.4. The van der Waals surface area contributed by atoms with Crippen LogP contribution in [0.5, 0.6) is 5.75 Å². The van der Waals surface area contributed by atoms with Gasteiger partial charge in [-0.2, -0.15) is 0 Å². The molecule has 0 bridgehead atoms. The van der Waals surface area contributed by atoms with Crippen LogP contribution >= 0.6 is 0 Å². The summed E-state index contributed by atoms with van der Waals surface area (Å²) in [5.74, 6) is 0.766. The summed E-state index contributed by atoms with van der Waals surface area (Å²) in [6.07, 6.45) is 0.985. The van der Waals surface area contributed by atoms with Crippen molar-refractivity contribution < 1.29 is 13.2 Å². The molecule has 0 aliphatic heterocycles. The highest BCUT2D eigenvalue weighted by Gasteiger charge is 2.28. The van der Waals surface area contributed by atoms with Crippen LogP contribution in [0.1, 0.15) is 33.3 Å². The first kappa shape index (κ1) is 15.0. The van der Waals surface area contributed by atoms with Crippen molar-refractivity contribution in [1.29, 1.82) is 0 Å². The monoisotopic (exact) mass is 270 g/mol. The summed E-state index contributed by atoms with van der Waals surface area (Å²) in [6, 6.07) is 7.74. The predicted molar refractivity (Wildman–Crippen MR) is 74.9 cm³/mol. The topological polar surface area (TPSA) is 43.4 Å². The summed E-state index contributed by atoms with van der Waals surface area (Å²) in [5.41, 5.74) is 1.24. The fourth-order valence-electron chi connectivity index (χ4n) is 1.40. The van der Waals surface area contributed by atoms with Crippen molar-refractivity contribution in [1.82, 2.24) is 0 Å². The van der Waals surface area contributed by atoms with E-state index >= 15 is 0 Å². The zero-order chi connectivity index (χ0) is 13.8. The minimum atomic E-state index is -3.11. The molecule has 0 amide bonds. The largest absolute Gasteiger partial charge is 0.493 e. The second-order valence-electron chi connectivity index (χ2n) is 5.28. The molecule has 0 N–H and O–H groups in total. The van der Waals surface area contributed by atoms with E-state index in [0.717, 1.165) is 12.2 Å². The molecule has 0 unspecified atom stereocenters. The van der Waals surface area contributed by atoms with Crippen LogP contribution in [0.2, 0.25) is 0 Å². The molecule has 0 heterocycles. The van der Waals surface area contributed by atoms with Crippen molar-refractivity contribution in [3.05, 3.63) is 29.8 Å². The van der Waals surface area contributed by atoms with Gasteiger partial charge in [0.15, 0.2) is 9.84 Å². The molecular weight excluding hydrogens is 248 g/mol. The fraction of sp³-hybridized carbons (Fsp3) is 0.571. The Morgan fingerprint density at radius 1 is 1.11 bits per heavy atom. The lowest BCUT2D eigenvalue weighted by Crippen LogP contribution is -2.32. The third-order valence-corrected chi connectivity index (χ3v) is 5.46. The van der Waals surface area contributed by atoms with Crippen molar-refractivity contribution in [2.45, 2.75) is 38.9 Å². The molecule has 18 heavy (non-hydrogen) atoms. The lowest BCUT2D eigenvalue weighted by Gasteiger charge is -2.19. The summed E-state index contributed by atoms with van der Waals surface area (Å²) >= 11 is 0. The van der Waals surface area contributed by atoms with Gasteiger partial charge in [-0.1, -0.05) is 19.1 Å². The van der Waals surface area contributed by atoms with Gasteiger partial charge in [-0.15, -0.1) is 0 Å². The molecule has 0 fully saturated rings. The van der Waals surface area contributed by atoms with Crippen molar-refractivity contribution in [3.63, 3.8) is 0 Å². The first-order chi connectivity index (χ1) is 8.26. The van der Waals surface area contributed by atoms with Gasteiger partial charge in [-0.3, -0.25) is 0 Å². The molecule has 0 aliphatic carbocycles. The number of ether oxygens (including phenoxy) is 1. The first-order valence-corrected chi connectivity index (χ1v) is 7.85. The third kappa shape index (κ3) is 4.02. The van der Waals surface area contributed by atoms with Crippen LogP contribution in [-0.4, -0.2) is 25.5 Å². The number of benzene rings is 1. The Labute approximate surface area is 110 Å². The van der Waals surface area contributed by atoms with Gasteiger partial charge in [-0.05, 0) is 44.9 Å². The quantitative estimate of drug-likeness (QED) is 0.826. The van der Waals surface area contributed by atoms with Crippen LogP contribution in [0, 0.1) is 0 Å². The SMILES string of the molecule is CCc1ccc(OCCS(=O)(=O)C(C)(C)C)cc1. The molecule has 1 aromatic rings. The lowest BCUT2D eigenvalue weighted by molar-refractivity contribution is 0.339. The zero-order valence-electron chi connectivity index (χ0n) is 11.6. The van der Waals surface area contributed by atoms with Gasteiger partial charge >= 0.3 is 0 Å². The zero-order valence-corrected chi connectivity index (χ0v) is 12.4. The van der Waals surface area contributed by atoms with Crippen molar-refractivity contribution in [2.24, 2.45) is 0 Å². The molecule has 0 aliphatic rings. The molecular formula is C14H22O3S. The Morgan fingerprint density at radius 2 is 1.67 bits per heavy atom. The number of aryl methyl sites for hydroxylation is 1. The van der Waals surface area contributed by atoms with Crippen molar-refractivity contribution in [2.75, 3.05) is 12.4 Å². The summed E-state index contributed by atoms with van der Waals surface area (Å²) in [5, 5.41) is 0. The summed E-state index contributed by atoms with van der Waals surface area (Å²) in [4.78, 5) is 0. The van der Waals surface area contributed by atoms with Crippen LogP contribution in [0.4, 0.5) is 0 Å². The highest BCUT2D eigenvalue weighted by molar-refractivity contribution is 7.92. The van der Waals surface area contributed by atoms with Gasteiger partial charge in [0, 0.05) is 0 Å². The van der Waals surface area contributed by atoms with E-state index < -0.39 is 14.6 Å². The summed E-state index contributed by atoms with van der Waals surface area (Å²) in [6.45, 7) is 7.41. The van der Waals surface area contributed by atoms with Crippen molar-refractivity contribution in [3.8, 4) is 5.75 Å². The Morgan fingerprint density at radius 3 is 2.11 bits per heavy atom. The second kappa shape index (κ2) is 5.74. The van der Waals surface area contributed by atoms with E-state index in [1.54, 1.807) is 20.8 Å². The van der Waals surface area contributed by atoms with Gasteiger partial charge in [0.25, 0.3) is 0 Å². The molecule has 1 aromatic carbocycles. The van der Waals surface area contributed by atoms with Gasteiger partial charge < -0.3 is 4.74 Å². The highest BCUT2D eigenvalue weighted by Crippen LogP contribution is 2.17. The van der Waals surface area contributed by atoms with E-state index in [2.05, 4.69) is 6.92 Å². The van der Waals surface area contributed by atoms with Gasteiger partial charge in [-0.25, -0.2) is 8.42 Å². The Kier molecular flexibility index (Phi) is 4.79. The minimum Gasteiger partial charge on any atom is -0.493 e. The molecule has 0 saturated carbocycles. The number of rotatable bonds is 5. The molecule has 0 spiro atoms. The standard InChI is InChI=1S/C14H22O3S/c1-5-12-6-8-13(9-7-12)17-10-11-18(15,16)14(2,3)4/h6-9H,5,10-11H2,1-4H3. The number of hydrogen-bond donors (Lipinski definition) is 0. The maximum atomic E-state index is 11.9. The van der Waals surface area contributed by atoms with E-state index in [1.807, 2.05) is 24.3 Å². The summed E-state index contributed by atoms with van der Waals surface area (Å²) < 4.78 is 28.5. The maximum Gasteiger partial charge on any atom is 0.158 e. The van der Waals surface area contributed by atoms with E-state index in [4.69, 9.17) is 4.74 Å². The number of hydrogen-bond acceptors (Lipinski definition) is 3. The average molecular weight is 270 g/mol. The lowest BCUT2D eigenvalue weighted by atomic mass is 10.2. The third-order valence-electron chi connectivity index (χ3n) is 2.89. The average Bonchev–Trinajstić information content (AvgIpc) is 2.28. The van der Waals surface area contributed by atoms with Gasteiger partial charge in [0.05, 0.1) is 10.5 Å². The number of sulfone groups is 1. The van der Waals surface area contributed by atoms with Crippen LogP contribution in [0.3, 0.4) is 0 Å². The molecule has 0 atom stereocenters. The molecule has 0 aromatic heterocycles. The van der Waals surface area contributed by atoms with E-state index in [0.29, 0.717) is 0 Å².